The minimum absolute atomic E-state index is 0.0237. The lowest BCUT2D eigenvalue weighted by Gasteiger charge is -2.32. The number of nitrogens with zero attached hydrogens (tertiary/aromatic N) is 2. The van der Waals surface area contributed by atoms with E-state index in [9.17, 15) is 0 Å². The van der Waals surface area contributed by atoms with Crippen molar-refractivity contribution in [3.8, 4) is 0 Å². The van der Waals surface area contributed by atoms with Gasteiger partial charge in [-0.1, -0.05) is 30.3 Å². The van der Waals surface area contributed by atoms with Gasteiger partial charge in [0.15, 0.2) is 6.29 Å². The number of aromatic nitrogens is 2. The van der Waals surface area contributed by atoms with Crippen molar-refractivity contribution in [1.82, 2.24) is 15.1 Å². The molecule has 0 amide bonds. The van der Waals surface area contributed by atoms with E-state index in [4.69, 9.17) is 9.47 Å². The smallest absolute Gasteiger partial charge is 0.170 e. The van der Waals surface area contributed by atoms with Crippen LogP contribution in [-0.2, 0) is 15.9 Å². The summed E-state index contributed by atoms with van der Waals surface area (Å²) in [5.41, 5.74) is 3.74. The third-order valence-electron chi connectivity index (χ3n) is 4.99. The van der Waals surface area contributed by atoms with Crippen molar-refractivity contribution in [2.75, 3.05) is 32.8 Å². The fraction of sp³-hybridized carbons (Fsp3) is 0.526. The third-order valence-corrected chi connectivity index (χ3v) is 4.99. The first kappa shape index (κ1) is 15.8. The van der Waals surface area contributed by atoms with Crippen LogP contribution in [0.1, 0.15) is 35.7 Å². The van der Waals surface area contributed by atoms with E-state index >= 15 is 0 Å². The molecule has 128 valence electrons. The van der Waals surface area contributed by atoms with Gasteiger partial charge in [-0.25, -0.2) is 0 Å². The van der Waals surface area contributed by atoms with Crippen LogP contribution in [0, 0.1) is 0 Å². The van der Waals surface area contributed by atoms with E-state index in [1.165, 1.54) is 17.0 Å². The maximum absolute atomic E-state index is 5.55. The number of ether oxygens (including phenoxy) is 2. The SMILES string of the molecule is c1ccc(Cc2cc(C3CCN(CC4OCCO4)CC3)n[nH]2)cc1. The van der Waals surface area contributed by atoms with Gasteiger partial charge in [-0.3, -0.25) is 10.00 Å². The van der Waals surface area contributed by atoms with Crippen LogP contribution in [0.5, 0.6) is 0 Å². The molecule has 4 rings (SSSR count). The fourth-order valence-electron chi connectivity index (χ4n) is 3.63. The highest BCUT2D eigenvalue weighted by molar-refractivity contribution is 5.23. The normalized spacial score (nSPS) is 20.7. The first-order chi connectivity index (χ1) is 11.9. The maximum atomic E-state index is 5.55. The number of likely N-dealkylation sites (tertiary alicyclic amines) is 1. The molecule has 2 aromatic rings. The van der Waals surface area contributed by atoms with Crippen molar-refractivity contribution in [3.05, 3.63) is 53.3 Å². The van der Waals surface area contributed by atoms with Crippen molar-refractivity contribution in [3.63, 3.8) is 0 Å². The molecule has 0 aliphatic carbocycles. The van der Waals surface area contributed by atoms with Gasteiger partial charge in [-0.2, -0.15) is 5.10 Å². The molecule has 0 unspecified atom stereocenters. The Labute approximate surface area is 143 Å². The lowest BCUT2D eigenvalue weighted by Crippen LogP contribution is -2.38. The molecule has 24 heavy (non-hydrogen) atoms. The molecule has 2 aliphatic heterocycles. The number of H-pyrrole nitrogens is 1. The summed E-state index contributed by atoms with van der Waals surface area (Å²) >= 11 is 0. The third kappa shape index (κ3) is 3.86. The lowest BCUT2D eigenvalue weighted by atomic mass is 9.93. The van der Waals surface area contributed by atoms with E-state index in [1.54, 1.807) is 0 Å². The number of piperidine rings is 1. The van der Waals surface area contributed by atoms with Crippen LogP contribution >= 0.6 is 0 Å². The van der Waals surface area contributed by atoms with Gasteiger partial charge in [0.05, 0.1) is 18.9 Å². The topological polar surface area (TPSA) is 50.4 Å². The molecule has 2 fully saturated rings. The average molecular weight is 327 g/mol. The quantitative estimate of drug-likeness (QED) is 0.917. The molecule has 1 aromatic heterocycles. The number of rotatable bonds is 5. The van der Waals surface area contributed by atoms with Crippen molar-refractivity contribution in [1.29, 1.82) is 0 Å². The molecular formula is C19H25N3O2. The predicted molar refractivity (Wildman–Crippen MR) is 91.9 cm³/mol. The summed E-state index contributed by atoms with van der Waals surface area (Å²) in [7, 11) is 0. The van der Waals surface area contributed by atoms with Gasteiger partial charge in [0.2, 0.25) is 0 Å². The zero-order valence-corrected chi connectivity index (χ0v) is 14.0. The fourth-order valence-corrected chi connectivity index (χ4v) is 3.63. The molecule has 1 aromatic carbocycles. The Morgan fingerprint density at radius 1 is 1.08 bits per heavy atom. The van der Waals surface area contributed by atoms with E-state index < -0.39 is 0 Å². The van der Waals surface area contributed by atoms with Gasteiger partial charge < -0.3 is 9.47 Å². The molecule has 5 nitrogen and oxygen atoms in total. The van der Waals surface area contributed by atoms with Gasteiger partial charge in [-0.05, 0) is 37.6 Å². The Balaban J connectivity index is 1.29. The number of hydrogen-bond acceptors (Lipinski definition) is 4. The van der Waals surface area contributed by atoms with Crippen LogP contribution in [0.15, 0.2) is 36.4 Å². The summed E-state index contributed by atoms with van der Waals surface area (Å²) in [6.07, 6.45) is 3.21. The van der Waals surface area contributed by atoms with Crippen LogP contribution in [0.25, 0.3) is 0 Å². The van der Waals surface area contributed by atoms with E-state index in [0.29, 0.717) is 5.92 Å². The number of hydrogen-bond donors (Lipinski definition) is 1. The molecule has 0 bridgehead atoms. The van der Waals surface area contributed by atoms with Gasteiger partial charge in [0.1, 0.15) is 0 Å². The summed E-state index contributed by atoms with van der Waals surface area (Å²) in [6, 6.07) is 12.8. The molecule has 2 saturated heterocycles. The number of nitrogens with one attached hydrogen (secondary N) is 1. The van der Waals surface area contributed by atoms with Crippen LogP contribution in [-0.4, -0.2) is 54.2 Å². The maximum Gasteiger partial charge on any atom is 0.170 e. The Kier molecular flexibility index (Phi) is 4.92. The van der Waals surface area contributed by atoms with E-state index in [0.717, 1.165) is 52.1 Å². The van der Waals surface area contributed by atoms with E-state index in [1.807, 2.05) is 0 Å². The molecule has 3 heterocycles. The molecular weight excluding hydrogens is 302 g/mol. The Morgan fingerprint density at radius 2 is 1.83 bits per heavy atom. The second kappa shape index (κ2) is 7.47. The summed E-state index contributed by atoms with van der Waals surface area (Å²) < 4.78 is 11.1. The highest BCUT2D eigenvalue weighted by atomic mass is 16.7. The van der Waals surface area contributed by atoms with Crippen molar-refractivity contribution in [2.24, 2.45) is 0 Å². The van der Waals surface area contributed by atoms with Gasteiger partial charge in [0, 0.05) is 24.6 Å². The molecule has 1 N–H and O–H groups in total. The van der Waals surface area contributed by atoms with Crippen LogP contribution in [0.3, 0.4) is 0 Å². The Hall–Kier alpha value is -1.69. The van der Waals surface area contributed by atoms with Crippen LogP contribution in [0.2, 0.25) is 0 Å². The Morgan fingerprint density at radius 3 is 2.58 bits per heavy atom. The lowest BCUT2D eigenvalue weighted by molar-refractivity contribution is -0.0648. The van der Waals surface area contributed by atoms with Crippen LogP contribution < -0.4 is 0 Å². The Bertz CT molecular complexity index is 629. The van der Waals surface area contributed by atoms with Gasteiger partial charge in [-0.15, -0.1) is 0 Å². The minimum atomic E-state index is -0.0237. The molecule has 0 radical (unpaired) electrons. The molecule has 0 spiro atoms. The number of aromatic amines is 1. The second-order valence-corrected chi connectivity index (χ2v) is 6.73. The monoisotopic (exact) mass is 327 g/mol. The summed E-state index contributed by atoms with van der Waals surface area (Å²) in [6.45, 7) is 4.55. The zero-order chi connectivity index (χ0) is 16.2. The van der Waals surface area contributed by atoms with Crippen LogP contribution in [0.4, 0.5) is 0 Å². The second-order valence-electron chi connectivity index (χ2n) is 6.73. The first-order valence-electron chi connectivity index (χ1n) is 8.90. The zero-order valence-electron chi connectivity index (χ0n) is 14.0. The van der Waals surface area contributed by atoms with E-state index in [2.05, 4.69) is 51.5 Å². The number of benzene rings is 1. The predicted octanol–water partition coefficient (Wildman–Crippen LogP) is 2.55. The molecule has 5 heteroatoms. The van der Waals surface area contributed by atoms with Gasteiger partial charge >= 0.3 is 0 Å². The largest absolute Gasteiger partial charge is 0.349 e. The molecule has 0 saturated carbocycles. The van der Waals surface area contributed by atoms with Crippen molar-refractivity contribution < 1.29 is 9.47 Å². The van der Waals surface area contributed by atoms with Crippen molar-refractivity contribution in [2.45, 2.75) is 31.5 Å². The minimum Gasteiger partial charge on any atom is -0.349 e. The molecule has 0 atom stereocenters. The summed E-state index contributed by atoms with van der Waals surface area (Å²) in [5, 5.41) is 7.79. The first-order valence-corrected chi connectivity index (χ1v) is 8.90. The highest BCUT2D eigenvalue weighted by Gasteiger charge is 2.26. The standard InChI is InChI=1S/C19H25N3O2/c1-2-4-15(5-3-1)12-17-13-18(21-20-17)16-6-8-22(9-7-16)14-19-23-10-11-24-19/h1-5,13,16,19H,6-12,14H2,(H,20,21). The summed E-state index contributed by atoms with van der Waals surface area (Å²) in [5.74, 6) is 0.562. The molecule has 2 aliphatic rings. The van der Waals surface area contributed by atoms with E-state index in [-0.39, 0.29) is 6.29 Å². The summed E-state index contributed by atoms with van der Waals surface area (Å²) in [4.78, 5) is 2.45. The van der Waals surface area contributed by atoms with Gasteiger partial charge in [0.25, 0.3) is 0 Å². The highest BCUT2D eigenvalue weighted by Crippen LogP contribution is 2.27. The average Bonchev–Trinajstić information content (AvgIpc) is 3.29. The van der Waals surface area contributed by atoms with Crippen molar-refractivity contribution >= 4 is 0 Å².